The van der Waals surface area contributed by atoms with E-state index in [0.717, 1.165) is 30.8 Å². The monoisotopic (exact) mass is 271 g/mol. The maximum Gasteiger partial charge on any atom is 0.103 e. The first kappa shape index (κ1) is 11.6. The van der Waals surface area contributed by atoms with Gasteiger partial charge in [0.2, 0.25) is 0 Å². The number of likely N-dealkylation sites (N-methyl/N-ethyl adjacent to an activating group) is 1. The van der Waals surface area contributed by atoms with Crippen LogP contribution in [0.3, 0.4) is 0 Å². The number of hydrogen-bond donors (Lipinski definition) is 0. The van der Waals surface area contributed by atoms with Gasteiger partial charge in [-0.25, -0.2) is 4.98 Å². The minimum absolute atomic E-state index is 0.632. The normalized spacial score (nSPS) is 22.3. The van der Waals surface area contributed by atoms with Crippen LogP contribution in [0, 0.1) is 0 Å². The second kappa shape index (κ2) is 4.39. The maximum absolute atomic E-state index is 4.94. The summed E-state index contributed by atoms with van der Waals surface area (Å²) >= 11 is 1.92. The lowest BCUT2D eigenvalue weighted by Crippen LogP contribution is -2.13. The van der Waals surface area contributed by atoms with Gasteiger partial charge in [0.05, 0.1) is 10.7 Å². The third-order valence-electron chi connectivity index (χ3n) is 4.19. The fourth-order valence-electron chi connectivity index (χ4n) is 3.14. The van der Waals surface area contributed by atoms with Crippen molar-refractivity contribution in [3.8, 4) is 11.4 Å². The Morgan fingerprint density at radius 3 is 3.11 bits per heavy atom. The fraction of sp³-hybridized carbons (Fsp3) is 0.467. The Balaban J connectivity index is 1.75. The molecule has 0 bridgehead atoms. The Labute approximate surface area is 117 Å². The Hall–Kier alpha value is -1.26. The van der Waals surface area contributed by atoms with Crippen LogP contribution in [-0.4, -0.2) is 35.0 Å². The quantitative estimate of drug-likeness (QED) is 0.798. The Kier molecular flexibility index (Phi) is 2.67. The zero-order valence-corrected chi connectivity index (χ0v) is 11.9. The van der Waals surface area contributed by atoms with Gasteiger partial charge in [-0.1, -0.05) is 6.07 Å². The number of fused-ring (bicyclic) bond motifs is 3. The smallest absolute Gasteiger partial charge is 0.103 e. The van der Waals surface area contributed by atoms with Crippen molar-refractivity contribution in [2.75, 3.05) is 20.1 Å². The van der Waals surface area contributed by atoms with Crippen molar-refractivity contribution in [2.45, 2.75) is 25.2 Å². The Bertz CT molecular complexity index is 620. The summed E-state index contributed by atoms with van der Waals surface area (Å²) in [5.74, 6) is 0.632. The molecule has 0 radical (unpaired) electrons. The topological polar surface area (TPSA) is 29.0 Å². The van der Waals surface area contributed by atoms with E-state index in [1.807, 2.05) is 23.6 Å². The third-order valence-corrected chi connectivity index (χ3v) is 5.47. The SMILES string of the molecule is CN1CCC(c2nc3c(s2)CCc2cccnc2-3)C1. The van der Waals surface area contributed by atoms with Crippen LogP contribution in [0.1, 0.15) is 27.8 Å². The van der Waals surface area contributed by atoms with E-state index in [1.54, 1.807) is 0 Å². The maximum atomic E-state index is 4.94. The number of thiazole rings is 1. The summed E-state index contributed by atoms with van der Waals surface area (Å²) in [5.41, 5.74) is 3.64. The number of pyridine rings is 1. The summed E-state index contributed by atoms with van der Waals surface area (Å²) in [6.07, 6.45) is 5.38. The molecule has 1 fully saturated rings. The van der Waals surface area contributed by atoms with Gasteiger partial charge in [-0.2, -0.15) is 0 Å². The first-order chi connectivity index (χ1) is 9.31. The summed E-state index contributed by atoms with van der Waals surface area (Å²) in [4.78, 5) is 13.3. The lowest BCUT2D eigenvalue weighted by molar-refractivity contribution is 0.411. The summed E-state index contributed by atoms with van der Waals surface area (Å²) in [6.45, 7) is 2.35. The van der Waals surface area contributed by atoms with Crippen LogP contribution in [0.4, 0.5) is 0 Å². The molecule has 0 spiro atoms. The molecular weight excluding hydrogens is 254 g/mol. The van der Waals surface area contributed by atoms with Gasteiger partial charge in [-0.15, -0.1) is 11.3 Å². The molecule has 4 heteroatoms. The molecule has 4 rings (SSSR count). The van der Waals surface area contributed by atoms with Crippen molar-refractivity contribution in [1.29, 1.82) is 0 Å². The molecule has 0 saturated carbocycles. The molecule has 0 aromatic carbocycles. The largest absolute Gasteiger partial charge is 0.306 e. The average molecular weight is 271 g/mol. The van der Waals surface area contributed by atoms with Gasteiger partial charge in [0.15, 0.2) is 0 Å². The van der Waals surface area contributed by atoms with E-state index >= 15 is 0 Å². The van der Waals surface area contributed by atoms with Gasteiger partial charge < -0.3 is 4.90 Å². The molecule has 1 aliphatic carbocycles. The minimum atomic E-state index is 0.632. The second-order valence-electron chi connectivity index (χ2n) is 5.58. The standard InChI is InChI=1S/C15H17N3S/c1-18-8-6-11(9-18)15-17-14-12(19-15)5-4-10-3-2-7-16-13(10)14/h2-3,7,11H,4-6,8-9H2,1H3. The third kappa shape index (κ3) is 1.90. The van der Waals surface area contributed by atoms with Crippen LogP contribution >= 0.6 is 11.3 Å². The average Bonchev–Trinajstić information content (AvgIpc) is 3.04. The van der Waals surface area contributed by atoms with Crippen LogP contribution < -0.4 is 0 Å². The number of nitrogens with zero attached hydrogens (tertiary/aromatic N) is 3. The molecule has 2 aromatic rings. The molecule has 3 nitrogen and oxygen atoms in total. The van der Waals surface area contributed by atoms with E-state index < -0.39 is 0 Å². The van der Waals surface area contributed by atoms with Gasteiger partial charge in [0, 0.05) is 23.5 Å². The first-order valence-electron chi connectivity index (χ1n) is 6.93. The van der Waals surface area contributed by atoms with Gasteiger partial charge in [0.1, 0.15) is 5.69 Å². The zero-order valence-electron chi connectivity index (χ0n) is 11.1. The number of likely N-dealkylation sites (tertiary alicyclic amines) is 1. The fourth-order valence-corrected chi connectivity index (χ4v) is 4.33. The van der Waals surface area contributed by atoms with Crippen LogP contribution in [0.25, 0.3) is 11.4 Å². The molecular formula is C15H17N3S. The number of rotatable bonds is 1. The van der Waals surface area contributed by atoms with Crippen molar-refractivity contribution in [1.82, 2.24) is 14.9 Å². The molecule has 98 valence electrons. The van der Waals surface area contributed by atoms with E-state index in [1.165, 1.54) is 28.4 Å². The van der Waals surface area contributed by atoms with E-state index in [-0.39, 0.29) is 0 Å². The van der Waals surface area contributed by atoms with E-state index in [9.17, 15) is 0 Å². The zero-order chi connectivity index (χ0) is 12.8. The van der Waals surface area contributed by atoms with Crippen LogP contribution in [0.2, 0.25) is 0 Å². The van der Waals surface area contributed by atoms with E-state index in [0.29, 0.717) is 5.92 Å². The van der Waals surface area contributed by atoms with Crippen LogP contribution in [0.5, 0.6) is 0 Å². The summed E-state index contributed by atoms with van der Waals surface area (Å²) < 4.78 is 0. The van der Waals surface area contributed by atoms with Crippen molar-refractivity contribution >= 4 is 11.3 Å². The summed E-state index contributed by atoms with van der Waals surface area (Å²) in [5, 5.41) is 1.33. The predicted molar refractivity (Wildman–Crippen MR) is 77.6 cm³/mol. The number of aromatic nitrogens is 2. The molecule has 0 amide bonds. The second-order valence-corrected chi connectivity index (χ2v) is 6.70. The molecule has 19 heavy (non-hydrogen) atoms. The van der Waals surface area contributed by atoms with E-state index in [4.69, 9.17) is 4.98 Å². The molecule has 0 N–H and O–H groups in total. The Morgan fingerprint density at radius 1 is 1.32 bits per heavy atom. The molecule has 3 heterocycles. The summed E-state index contributed by atoms with van der Waals surface area (Å²) in [6, 6.07) is 4.22. The number of hydrogen-bond acceptors (Lipinski definition) is 4. The van der Waals surface area contributed by atoms with E-state index in [2.05, 4.69) is 23.0 Å². The predicted octanol–water partition coefficient (Wildman–Crippen LogP) is 2.72. The van der Waals surface area contributed by atoms with Gasteiger partial charge in [0.25, 0.3) is 0 Å². The van der Waals surface area contributed by atoms with Gasteiger partial charge >= 0.3 is 0 Å². The molecule has 1 unspecified atom stereocenters. The highest BCUT2D eigenvalue weighted by atomic mass is 32.1. The highest BCUT2D eigenvalue weighted by molar-refractivity contribution is 7.12. The Morgan fingerprint density at radius 2 is 2.26 bits per heavy atom. The van der Waals surface area contributed by atoms with Crippen molar-refractivity contribution in [3.05, 3.63) is 33.8 Å². The molecule has 2 aromatic heterocycles. The molecule has 1 aliphatic heterocycles. The van der Waals surface area contributed by atoms with Crippen molar-refractivity contribution < 1.29 is 0 Å². The van der Waals surface area contributed by atoms with Gasteiger partial charge in [-0.3, -0.25) is 4.98 Å². The van der Waals surface area contributed by atoms with Crippen molar-refractivity contribution in [2.24, 2.45) is 0 Å². The molecule has 1 atom stereocenters. The lowest BCUT2D eigenvalue weighted by Gasteiger charge is -2.12. The first-order valence-corrected chi connectivity index (χ1v) is 7.75. The number of aryl methyl sites for hydroxylation is 2. The highest BCUT2D eigenvalue weighted by Crippen LogP contribution is 2.38. The van der Waals surface area contributed by atoms with Crippen LogP contribution in [0.15, 0.2) is 18.3 Å². The highest BCUT2D eigenvalue weighted by Gasteiger charge is 2.28. The summed E-state index contributed by atoms with van der Waals surface area (Å²) in [7, 11) is 2.20. The minimum Gasteiger partial charge on any atom is -0.306 e. The molecule has 1 saturated heterocycles. The van der Waals surface area contributed by atoms with Gasteiger partial charge in [-0.05, 0) is 44.5 Å². The van der Waals surface area contributed by atoms with Crippen LogP contribution in [-0.2, 0) is 12.8 Å². The lowest BCUT2D eigenvalue weighted by atomic mass is 9.98. The van der Waals surface area contributed by atoms with Crippen molar-refractivity contribution in [3.63, 3.8) is 0 Å². The molecule has 2 aliphatic rings.